The molecule has 0 unspecified atom stereocenters. The molecule has 0 atom stereocenters. The van der Waals surface area contributed by atoms with Crippen LogP contribution in [0.5, 0.6) is 0 Å². The van der Waals surface area contributed by atoms with E-state index < -0.39 is 22.4 Å². The first-order chi connectivity index (χ1) is 6.68. The predicted molar refractivity (Wildman–Crippen MR) is 67.9 cm³/mol. The van der Waals surface area contributed by atoms with Crippen molar-refractivity contribution in [3.8, 4) is 0 Å². The Morgan fingerprint density at radius 3 is 1.87 bits per heavy atom. The number of likely N-dealkylation sites (N-methyl/N-ethyl adjacent to an activating group) is 1. The van der Waals surface area contributed by atoms with Crippen LogP contribution in [0, 0.1) is 0 Å². The molecular formula is C10H24NO2Si2+. The van der Waals surface area contributed by atoms with Crippen LogP contribution in [-0.4, -0.2) is 44.5 Å². The summed E-state index contributed by atoms with van der Waals surface area (Å²) in [6.45, 7) is 13.1. The van der Waals surface area contributed by atoms with Gasteiger partial charge in [0, 0.05) is 6.54 Å². The van der Waals surface area contributed by atoms with E-state index in [1.54, 1.807) is 0 Å². The molecule has 0 aromatic heterocycles. The van der Waals surface area contributed by atoms with Crippen LogP contribution in [0.15, 0.2) is 0 Å². The largest absolute Gasteiger partial charge is 0.477 e. The molecular weight excluding hydrogens is 222 g/mol. The SMILES string of the molecule is CC[N+]1(CC(=O)O)[Si](C)(C)CC[Si]1(C)C. The molecule has 0 aliphatic carbocycles. The van der Waals surface area contributed by atoms with E-state index in [1.807, 2.05) is 0 Å². The number of carboxylic acids is 1. The zero-order valence-electron chi connectivity index (χ0n) is 10.6. The number of quaternary nitrogens is 1. The van der Waals surface area contributed by atoms with Crippen LogP contribution < -0.4 is 0 Å². The van der Waals surface area contributed by atoms with Gasteiger partial charge in [0.15, 0.2) is 0 Å². The molecule has 0 aromatic carbocycles. The van der Waals surface area contributed by atoms with E-state index in [9.17, 15) is 4.79 Å². The minimum atomic E-state index is -1.40. The van der Waals surface area contributed by atoms with E-state index in [4.69, 9.17) is 5.11 Å². The van der Waals surface area contributed by atoms with Gasteiger partial charge in [-0.15, -0.1) is 0 Å². The van der Waals surface area contributed by atoms with Crippen LogP contribution in [0.4, 0.5) is 0 Å². The van der Waals surface area contributed by atoms with Crippen LogP contribution in [0.2, 0.25) is 38.3 Å². The van der Waals surface area contributed by atoms with Crippen LogP contribution in [-0.2, 0) is 4.79 Å². The Kier molecular flexibility index (Phi) is 3.20. The first-order valence-corrected chi connectivity index (χ1v) is 12.1. The third-order valence-corrected chi connectivity index (χ3v) is 17.3. The Morgan fingerprint density at radius 2 is 1.60 bits per heavy atom. The average molecular weight is 246 g/mol. The summed E-state index contributed by atoms with van der Waals surface area (Å²) < 4.78 is 0.981. The third-order valence-electron chi connectivity index (χ3n) is 4.61. The molecule has 1 N–H and O–H groups in total. The monoisotopic (exact) mass is 246 g/mol. The van der Waals surface area contributed by atoms with Crippen molar-refractivity contribution in [3.63, 3.8) is 0 Å². The Labute approximate surface area is 94.9 Å². The number of hydrogen-bond donors (Lipinski definition) is 1. The van der Waals surface area contributed by atoms with Gasteiger partial charge < -0.3 is 8.92 Å². The summed E-state index contributed by atoms with van der Waals surface area (Å²) in [7, 11) is -2.80. The smallest absolute Gasteiger partial charge is 0.355 e. The lowest BCUT2D eigenvalue weighted by Gasteiger charge is -2.52. The molecule has 3 nitrogen and oxygen atoms in total. The number of nitrogens with zero attached hydrogens (tertiary/aromatic N) is 1. The molecule has 1 rings (SSSR count). The van der Waals surface area contributed by atoms with Gasteiger partial charge >= 0.3 is 5.97 Å². The van der Waals surface area contributed by atoms with Crippen molar-refractivity contribution in [2.24, 2.45) is 0 Å². The van der Waals surface area contributed by atoms with Crippen molar-refractivity contribution >= 4 is 22.4 Å². The second-order valence-electron chi connectivity index (χ2n) is 5.96. The molecule has 1 aliphatic heterocycles. The summed E-state index contributed by atoms with van der Waals surface area (Å²) in [5, 5.41) is 9.16. The Bertz CT molecular complexity index is 261. The first kappa shape index (κ1) is 12.9. The maximum Gasteiger partial charge on any atom is 0.355 e. The van der Waals surface area contributed by atoms with Gasteiger partial charge in [-0.1, -0.05) is 0 Å². The quantitative estimate of drug-likeness (QED) is 0.776. The molecule has 0 amide bonds. The Hall–Kier alpha value is -0.136. The molecule has 1 saturated heterocycles. The fourth-order valence-electron chi connectivity index (χ4n) is 3.49. The highest BCUT2D eigenvalue weighted by Crippen LogP contribution is 2.44. The maximum atomic E-state index is 11.1. The normalized spacial score (nSPS) is 26.5. The van der Waals surface area contributed by atoms with Crippen molar-refractivity contribution in [3.05, 3.63) is 0 Å². The van der Waals surface area contributed by atoms with Gasteiger partial charge in [0.1, 0.15) is 6.54 Å². The summed E-state index contributed by atoms with van der Waals surface area (Å²) in [5.74, 6) is -0.611. The number of hydrogen-bond acceptors (Lipinski definition) is 1. The van der Waals surface area contributed by atoms with Crippen LogP contribution in [0.1, 0.15) is 6.92 Å². The van der Waals surface area contributed by atoms with Crippen LogP contribution >= 0.6 is 0 Å². The van der Waals surface area contributed by atoms with Crippen molar-refractivity contribution in [2.75, 3.05) is 13.1 Å². The Balaban J connectivity index is 3.16. The van der Waals surface area contributed by atoms with Gasteiger partial charge in [-0.3, -0.25) is 0 Å². The number of carboxylic acid groups (broad SMARTS) is 1. The molecule has 1 heterocycles. The summed E-state index contributed by atoms with van der Waals surface area (Å²) in [6.07, 6.45) is 0. The highest BCUT2D eigenvalue weighted by Gasteiger charge is 2.62. The van der Waals surface area contributed by atoms with E-state index in [0.717, 1.165) is 10.4 Å². The highest BCUT2D eigenvalue weighted by molar-refractivity contribution is 6.88. The zero-order chi connectivity index (χ0) is 11.9. The molecule has 0 spiro atoms. The molecule has 5 heteroatoms. The van der Waals surface area contributed by atoms with Crippen molar-refractivity contribution in [1.29, 1.82) is 0 Å². The minimum absolute atomic E-state index is 0.370. The molecule has 1 aliphatic rings. The summed E-state index contributed by atoms with van der Waals surface area (Å²) in [6, 6.07) is 2.63. The number of carbonyl (C=O) groups is 1. The van der Waals surface area contributed by atoms with E-state index in [-0.39, 0.29) is 0 Å². The second-order valence-corrected chi connectivity index (χ2v) is 16.4. The highest BCUT2D eigenvalue weighted by atomic mass is 28.4. The lowest BCUT2D eigenvalue weighted by molar-refractivity contribution is -0.717. The number of rotatable bonds is 3. The standard InChI is InChI=1S/C10H23NO2Si2/c1-6-11(9-10(12)13)14(2,3)7-8-15(11,4)5/h6-9H2,1-5H3/p+1. The van der Waals surface area contributed by atoms with Crippen LogP contribution in [0.3, 0.4) is 0 Å². The van der Waals surface area contributed by atoms with E-state index in [1.165, 1.54) is 12.1 Å². The summed E-state index contributed by atoms with van der Waals surface area (Å²) in [4.78, 5) is 11.1. The first-order valence-electron chi connectivity index (χ1n) is 5.78. The average Bonchev–Trinajstić information content (AvgIpc) is 2.25. The molecule has 0 bridgehead atoms. The third kappa shape index (κ3) is 1.81. The van der Waals surface area contributed by atoms with Crippen LogP contribution in [0.25, 0.3) is 0 Å². The second kappa shape index (κ2) is 3.71. The lowest BCUT2D eigenvalue weighted by atomic mass is 10.6. The molecule has 0 saturated carbocycles. The van der Waals surface area contributed by atoms with Gasteiger partial charge in [-0.2, -0.15) is 0 Å². The van der Waals surface area contributed by atoms with E-state index in [2.05, 4.69) is 33.1 Å². The van der Waals surface area contributed by atoms with Crippen molar-refractivity contribution < 1.29 is 13.7 Å². The zero-order valence-corrected chi connectivity index (χ0v) is 12.6. The van der Waals surface area contributed by atoms with E-state index in [0.29, 0.717) is 6.54 Å². The molecule has 0 radical (unpaired) electrons. The molecule has 15 heavy (non-hydrogen) atoms. The maximum absolute atomic E-state index is 11.1. The molecule has 88 valence electrons. The lowest BCUT2D eigenvalue weighted by Crippen LogP contribution is -2.72. The van der Waals surface area contributed by atoms with Gasteiger partial charge in [0.2, 0.25) is 0 Å². The molecule has 0 aromatic rings. The van der Waals surface area contributed by atoms with Gasteiger partial charge in [-0.25, -0.2) is 4.79 Å². The molecule has 1 fully saturated rings. The topological polar surface area (TPSA) is 37.3 Å². The van der Waals surface area contributed by atoms with Crippen molar-refractivity contribution in [2.45, 2.75) is 45.2 Å². The predicted octanol–water partition coefficient (Wildman–Crippen LogP) is 2.33. The summed E-state index contributed by atoms with van der Waals surface area (Å²) >= 11 is 0. The Morgan fingerprint density at radius 1 is 1.20 bits per heavy atom. The fourth-order valence-corrected chi connectivity index (χ4v) is 19.3. The van der Waals surface area contributed by atoms with Crippen molar-refractivity contribution in [1.82, 2.24) is 0 Å². The van der Waals surface area contributed by atoms with E-state index >= 15 is 0 Å². The summed E-state index contributed by atoms with van der Waals surface area (Å²) in [5.41, 5.74) is 0. The van der Waals surface area contributed by atoms with Gasteiger partial charge in [0.05, 0.1) is 0 Å². The number of aliphatic carboxylic acids is 1. The van der Waals surface area contributed by atoms with Gasteiger partial charge in [0.25, 0.3) is 16.5 Å². The minimum Gasteiger partial charge on any atom is -0.477 e. The fraction of sp³-hybridized carbons (Fsp3) is 0.900. The van der Waals surface area contributed by atoms with Gasteiger partial charge in [-0.05, 0) is 45.2 Å².